The van der Waals surface area contributed by atoms with Gasteiger partial charge in [-0.15, -0.1) is 4.28 Å². The minimum Gasteiger partial charge on any atom is -0.430 e. The molecular formula is C24H35N3O8S. The Bertz CT molecular complexity index is 1140. The highest BCUT2D eigenvalue weighted by Gasteiger charge is 2.51. The van der Waals surface area contributed by atoms with Crippen molar-refractivity contribution in [2.45, 2.75) is 79.7 Å². The van der Waals surface area contributed by atoms with E-state index in [1.165, 1.54) is 4.90 Å². The van der Waals surface area contributed by atoms with Crippen molar-refractivity contribution >= 4 is 28.3 Å². The van der Waals surface area contributed by atoms with Crippen LogP contribution >= 0.6 is 0 Å². The third-order valence-corrected chi connectivity index (χ3v) is 8.20. The first-order valence-corrected chi connectivity index (χ1v) is 13.1. The lowest BCUT2D eigenvalue weighted by molar-refractivity contribution is -0.158. The number of carbonyl (C=O) groups is 3. The van der Waals surface area contributed by atoms with Gasteiger partial charge in [0.2, 0.25) is 12.2 Å². The van der Waals surface area contributed by atoms with Crippen LogP contribution in [0.25, 0.3) is 0 Å². The number of piperidine rings is 1. The van der Waals surface area contributed by atoms with Crippen LogP contribution in [0.4, 0.5) is 4.79 Å². The van der Waals surface area contributed by atoms with E-state index in [0.717, 1.165) is 0 Å². The second-order valence-electron chi connectivity index (χ2n) is 11.0. The fourth-order valence-corrected chi connectivity index (χ4v) is 5.09. The molecule has 2 heterocycles. The van der Waals surface area contributed by atoms with Gasteiger partial charge < -0.3 is 15.4 Å². The summed E-state index contributed by atoms with van der Waals surface area (Å²) in [5, 5.41) is 0.687. The lowest BCUT2D eigenvalue weighted by atomic mass is 9.69. The predicted octanol–water partition coefficient (Wildman–Crippen LogP) is 2.81. The van der Waals surface area contributed by atoms with Crippen molar-refractivity contribution < 1.29 is 36.0 Å². The Morgan fingerprint density at radius 1 is 1.08 bits per heavy atom. The number of hydrogen-bond donors (Lipinski definition) is 1. The van der Waals surface area contributed by atoms with Crippen LogP contribution in [0.3, 0.4) is 0 Å². The number of hydrogen-bond acceptors (Lipinski definition) is 8. The molecule has 36 heavy (non-hydrogen) atoms. The maximum Gasteiger partial charge on any atom is 0.424 e. The van der Waals surface area contributed by atoms with E-state index in [1.807, 2.05) is 20.8 Å². The number of amides is 3. The molecule has 1 aromatic carbocycles. The molecule has 2 saturated heterocycles. The number of primary amides is 1. The molecule has 0 aromatic heterocycles. The SMILES string of the molecule is Cc1cccc(C)c1C(=O)OC(OS(=O)(=O)ON1C(=O)N2C[C@H]1CC[C@H]2C(N)=O)C(C)(C)C(C)(C)C. The van der Waals surface area contributed by atoms with Crippen LogP contribution < -0.4 is 5.73 Å². The maximum atomic E-state index is 13.1. The number of benzene rings is 1. The number of rotatable bonds is 8. The maximum absolute atomic E-state index is 13.1. The third-order valence-electron chi connectivity index (χ3n) is 7.45. The average molecular weight is 526 g/mol. The minimum atomic E-state index is -4.88. The van der Waals surface area contributed by atoms with Gasteiger partial charge in [0.15, 0.2) is 0 Å². The van der Waals surface area contributed by atoms with Gasteiger partial charge >= 0.3 is 22.4 Å². The van der Waals surface area contributed by atoms with Crippen LogP contribution in [0.2, 0.25) is 0 Å². The highest BCUT2D eigenvalue weighted by Crippen LogP contribution is 2.44. The highest BCUT2D eigenvalue weighted by atomic mass is 32.3. The van der Waals surface area contributed by atoms with E-state index >= 15 is 0 Å². The van der Waals surface area contributed by atoms with E-state index in [4.69, 9.17) is 18.9 Å². The topological polar surface area (TPSA) is 146 Å². The standard InChI is InChI=1S/C24H35N3O8S/c1-14-9-8-10-15(2)18(14)20(29)33-21(24(6,7)23(3,4)5)34-36(31,32)35-27-16-11-12-17(19(25)28)26(13-16)22(27)30/h8-10,16-17,21H,11-13H2,1-7H3,(H2,25,28)/t16-,17+,21?/m1/s1. The van der Waals surface area contributed by atoms with E-state index in [2.05, 4.69) is 0 Å². The van der Waals surface area contributed by atoms with Crippen molar-refractivity contribution in [3.05, 3.63) is 34.9 Å². The molecule has 0 radical (unpaired) electrons. The molecular weight excluding hydrogens is 490 g/mol. The number of ether oxygens (including phenoxy) is 1. The summed E-state index contributed by atoms with van der Waals surface area (Å²) in [6, 6.07) is 3.07. The number of nitrogens with zero attached hydrogens (tertiary/aromatic N) is 2. The van der Waals surface area contributed by atoms with Crippen LogP contribution in [0.15, 0.2) is 18.2 Å². The predicted molar refractivity (Wildman–Crippen MR) is 129 cm³/mol. The van der Waals surface area contributed by atoms with Gasteiger partial charge in [0.25, 0.3) is 0 Å². The van der Waals surface area contributed by atoms with E-state index in [0.29, 0.717) is 34.6 Å². The first kappa shape index (κ1) is 27.9. The molecule has 3 amide bonds. The fourth-order valence-electron chi connectivity index (χ4n) is 4.18. The first-order chi connectivity index (χ1) is 16.5. The Morgan fingerprint density at radius 3 is 2.19 bits per heavy atom. The Hall–Kier alpha value is -2.70. The normalized spacial score (nSPS) is 21.5. The van der Waals surface area contributed by atoms with Crippen LogP contribution in [-0.4, -0.2) is 61.2 Å². The van der Waals surface area contributed by atoms with E-state index in [9.17, 15) is 22.8 Å². The van der Waals surface area contributed by atoms with Gasteiger partial charge in [0.1, 0.15) is 6.04 Å². The summed E-state index contributed by atoms with van der Waals surface area (Å²) in [7, 11) is -4.88. The Kier molecular flexibility index (Phi) is 7.46. The smallest absolute Gasteiger partial charge is 0.424 e. The Balaban J connectivity index is 1.86. The zero-order valence-corrected chi connectivity index (χ0v) is 22.5. The summed E-state index contributed by atoms with van der Waals surface area (Å²) in [6.07, 6.45) is -0.964. The number of esters is 1. The van der Waals surface area contributed by atoms with E-state index in [1.54, 1.807) is 45.9 Å². The van der Waals surface area contributed by atoms with Gasteiger partial charge in [0.05, 0.1) is 11.6 Å². The molecule has 3 rings (SSSR count). The number of nitrogens with two attached hydrogens (primary N) is 1. The molecule has 3 atom stereocenters. The minimum absolute atomic E-state index is 0.0976. The molecule has 2 bridgehead atoms. The molecule has 1 unspecified atom stereocenters. The summed E-state index contributed by atoms with van der Waals surface area (Å²) < 4.78 is 42.1. The molecule has 2 fully saturated rings. The molecule has 2 N–H and O–H groups in total. The molecule has 0 aliphatic carbocycles. The van der Waals surface area contributed by atoms with Crippen molar-refractivity contribution in [3.63, 3.8) is 0 Å². The summed E-state index contributed by atoms with van der Waals surface area (Å²) in [4.78, 5) is 38.8. The molecule has 0 saturated carbocycles. The Morgan fingerprint density at radius 2 is 1.67 bits per heavy atom. The van der Waals surface area contributed by atoms with Crippen molar-refractivity contribution in [3.8, 4) is 0 Å². The quantitative estimate of drug-likeness (QED) is 0.403. The lowest BCUT2D eigenvalue weighted by Gasteiger charge is -2.42. The number of fused-ring (bicyclic) bond motifs is 2. The van der Waals surface area contributed by atoms with Gasteiger partial charge in [-0.25, -0.2) is 13.8 Å². The van der Waals surface area contributed by atoms with Crippen LogP contribution in [0.5, 0.6) is 0 Å². The van der Waals surface area contributed by atoms with Crippen LogP contribution in [0.1, 0.15) is 68.9 Å². The molecule has 2 aliphatic rings. The summed E-state index contributed by atoms with van der Waals surface area (Å²) >= 11 is 0. The molecule has 11 nitrogen and oxygen atoms in total. The largest absolute Gasteiger partial charge is 0.430 e. The Labute approximate surface area is 212 Å². The average Bonchev–Trinajstić information content (AvgIpc) is 2.96. The zero-order chi connectivity index (χ0) is 27.2. The van der Waals surface area contributed by atoms with Gasteiger partial charge in [-0.05, 0) is 43.2 Å². The van der Waals surface area contributed by atoms with Crippen molar-refractivity contribution in [2.75, 3.05) is 6.54 Å². The van der Waals surface area contributed by atoms with E-state index < -0.39 is 57.5 Å². The van der Waals surface area contributed by atoms with Gasteiger partial charge in [0, 0.05) is 12.0 Å². The van der Waals surface area contributed by atoms with Crippen LogP contribution in [-0.2, 0) is 28.4 Å². The molecule has 1 aromatic rings. The van der Waals surface area contributed by atoms with Crippen molar-refractivity contribution in [1.29, 1.82) is 0 Å². The summed E-state index contributed by atoms with van der Waals surface area (Å²) in [5.74, 6) is -1.42. The fraction of sp³-hybridized carbons (Fsp3) is 0.625. The number of carbonyl (C=O) groups excluding carboxylic acids is 3. The molecule has 0 spiro atoms. The monoisotopic (exact) mass is 525 g/mol. The van der Waals surface area contributed by atoms with Crippen molar-refractivity contribution in [1.82, 2.24) is 9.96 Å². The first-order valence-electron chi connectivity index (χ1n) is 11.8. The van der Waals surface area contributed by atoms with Crippen LogP contribution in [0, 0.1) is 24.7 Å². The third kappa shape index (κ3) is 5.35. The second-order valence-corrected chi connectivity index (χ2v) is 12.1. The van der Waals surface area contributed by atoms with Gasteiger partial charge in [-0.3, -0.25) is 4.79 Å². The number of urea groups is 1. The molecule has 200 valence electrons. The zero-order valence-electron chi connectivity index (χ0n) is 21.7. The molecule has 12 heteroatoms. The second kappa shape index (κ2) is 9.64. The van der Waals surface area contributed by atoms with Crippen molar-refractivity contribution in [2.24, 2.45) is 16.6 Å². The highest BCUT2D eigenvalue weighted by molar-refractivity contribution is 7.81. The number of hydroxylamine groups is 2. The van der Waals surface area contributed by atoms with E-state index in [-0.39, 0.29) is 6.54 Å². The summed E-state index contributed by atoms with van der Waals surface area (Å²) in [6.45, 7) is 12.6. The van der Waals surface area contributed by atoms with Gasteiger partial charge in [-0.2, -0.15) is 13.5 Å². The van der Waals surface area contributed by atoms with Gasteiger partial charge in [-0.1, -0.05) is 52.8 Å². The number of aryl methyl sites for hydroxylation is 2. The lowest BCUT2D eigenvalue weighted by Crippen LogP contribution is -2.48. The molecule has 2 aliphatic heterocycles. The summed E-state index contributed by atoms with van der Waals surface area (Å²) in [5.41, 5.74) is 5.43.